The van der Waals surface area contributed by atoms with Gasteiger partial charge in [0, 0.05) is 12.7 Å². The minimum atomic E-state index is 0.293. The maximum Gasteiger partial charge on any atom is 0.115 e. The summed E-state index contributed by atoms with van der Waals surface area (Å²) in [4.78, 5) is 4.20. The molecule has 0 atom stereocenters. The molecule has 2 rings (SSSR count). The third kappa shape index (κ3) is 2.51. The number of benzene rings is 1. The van der Waals surface area contributed by atoms with E-state index < -0.39 is 0 Å². The molecule has 0 unspecified atom stereocenters. The maximum absolute atomic E-state index is 9.16. The Kier molecular flexibility index (Phi) is 3.05. The number of hydrogen-bond donors (Lipinski definition) is 2. The van der Waals surface area contributed by atoms with Crippen LogP contribution < -0.4 is 5.32 Å². The van der Waals surface area contributed by atoms with Gasteiger partial charge in [-0.2, -0.15) is 0 Å². The summed E-state index contributed by atoms with van der Waals surface area (Å²) in [5, 5.41) is 12.5. The molecule has 82 valence electrons. The van der Waals surface area contributed by atoms with Gasteiger partial charge in [0.2, 0.25) is 0 Å². The molecule has 0 spiro atoms. The lowest BCUT2D eigenvalue weighted by Gasteiger charge is -2.08. The van der Waals surface area contributed by atoms with Gasteiger partial charge in [-0.25, -0.2) is 0 Å². The highest BCUT2D eigenvalue weighted by atomic mass is 16.3. The fourth-order valence-corrected chi connectivity index (χ4v) is 1.48. The van der Waals surface area contributed by atoms with E-state index in [-0.39, 0.29) is 0 Å². The van der Waals surface area contributed by atoms with Gasteiger partial charge in [0.05, 0.1) is 11.4 Å². The van der Waals surface area contributed by atoms with E-state index in [0.717, 1.165) is 23.5 Å². The van der Waals surface area contributed by atoms with Gasteiger partial charge in [0.1, 0.15) is 5.75 Å². The second-order valence-electron chi connectivity index (χ2n) is 3.66. The maximum atomic E-state index is 9.16. The van der Waals surface area contributed by atoms with Crippen LogP contribution >= 0.6 is 0 Å². The van der Waals surface area contributed by atoms with Gasteiger partial charge < -0.3 is 10.4 Å². The lowest BCUT2D eigenvalue weighted by atomic mass is 10.2. The van der Waals surface area contributed by atoms with E-state index in [9.17, 15) is 0 Å². The second kappa shape index (κ2) is 4.66. The monoisotopic (exact) mass is 214 g/mol. The van der Waals surface area contributed by atoms with Crippen LogP contribution in [0.5, 0.6) is 5.75 Å². The third-order valence-electron chi connectivity index (χ3n) is 2.43. The van der Waals surface area contributed by atoms with E-state index in [1.54, 1.807) is 18.3 Å². The van der Waals surface area contributed by atoms with Crippen LogP contribution in [0.25, 0.3) is 0 Å². The summed E-state index contributed by atoms with van der Waals surface area (Å²) in [5.74, 6) is 0.293. The van der Waals surface area contributed by atoms with Crippen molar-refractivity contribution in [2.24, 2.45) is 0 Å². The van der Waals surface area contributed by atoms with E-state index in [4.69, 9.17) is 5.11 Å². The van der Waals surface area contributed by atoms with E-state index >= 15 is 0 Å². The van der Waals surface area contributed by atoms with Crippen molar-refractivity contribution in [3.8, 4) is 5.75 Å². The number of phenolic OH excluding ortho intramolecular Hbond substituents is 1. The number of pyridine rings is 1. The molecule has 0 amide bonds. The van der Waals surface area contributed by atoms with Crippen molar-refractivity contribution >= 4 is 5.69 Å². The Morgan fingerprint density at radius 1 is 1.19 bits per heavy atom. The summed E-state index contributed by atoms with van der Waals surface area (Å²) in [6.07, 6.45) is 1.78. The molecule has 16 heavy (non-hydrogen) atoms. The van der Waals surface area contributed by atoms with Gasteiger partial charge in [-0.15, -0.1) is 0 Å². The molecular formula is C13H14N2O. The van der Waals surface area contributed by atoms with Gasteiger partial charge in [-0.3, -0.25) is 4.98 Å². The molecule has 0 radical (unpaired) electrons. The minimum Gasteiger partial charge on any atom is -0.508 e. The summed E-state index contributed by atoms with van der Waals surface area (Å²) in [6, 6.07) is 11.1. The molecule has 0 fully saturated rings. The van der Waals surface area contributed by atoms with Crippen LogP contribution in [0.2, 0.25) is 0 Å². The summed E-state index contributed by atoms with van der Waals surface area (Å²) < 4.78 is 0. The van der Waals surface area contributed by atoms with Gasteiger partial charge in [-0.05, 0) is 36.8 Å². The van der Waals surface area contributed by atoms with Crippen LogP contribution in [0.1, 0.15) is 11.3 Å². The first-order valence-electron chi connectivity index (χ1n) is 5.19. The van der Waals surface area contributed by atoms with Crippen LogP contribution in [-0.4, -0.2) is 10.1 Å². The number of phenols is 1. The molecule has 0 aliphatic rings. The van der Waals surface area contributed by atoms with Gasteiger partial charge in [0.15, 0.2) is 0 Å². The average molecular weight is 214 g/mol. The number of anilines is 1. The second-order valence-corrected chi connectivity index (χ2v) is 3.66. The SMILES string of the molecule is Cc1ncccc1NCc1ccc(O)cc1. The van der Waals surface area contributed by atoms with Gasteiger partial charge in [0.25, 0.3) is 0 Å². The molecule has 2 N–H and O–H groups in total. The highest BCUT2D eigenvalue weighted by molar-refractivity contribution is 5.47. The molecule has 0 saturated carbocycles. The van der Waals surface area contributed by atoms with Crippen molar-refractivity contribution in [3.63, 3.8) is 0 Å². The molecule has 3 heteroatoms. The van der Waals surface area contributed by atoms with Crippen molar-refractivity contribution < 1.29 is 5.11 Å². The molecule has 1 heterocycles. The van der Waals surface area contributed by atoms with Gasteiger partial charge >= 0.3 is 0 Å². The van der Waals surface area contributed by atoms with E-state index in [1.807, 2.05) is 31.2 Å². The first-order chi connectivity index (χ1) is 7.75. The quantitative estimate of drug-likeness (QED) is 0.825. The van der Waals surface area contributed by atoms with Crippen molar-refractivity contribution in [1.29, 1.82) is 0 Å². The van der Waals surface area contributed by atoms with Crippen molar-refractivity contribution in [2.45, 2.75) is 13.5 Å². The number of aromatic hydroxyl groups is 1. The van der Waals surface area contributed by atoms with Crippen LogP contribution in [0.15, 0.2) is 42.6 Å². The fraction of sp³-hybridized carbons (Fsp3) is 0.154. The predicted octanol–water partition coefficient (Wildman–Crippen LogP) is 2.71. The summed E-state index contributed by atoms with van der Waals surface area (Å²) in [5.41, 5.74) is 3.15. The number of nitrogens with one attached hydrogen (secondary N) is 1. The molecule has 2 aromatic rings. The number of aromatic nitrogens is 1. The van der Waals surface area contributed by atoms with Crippen LogP contribution in [-0.2, 0) is 6.54 Å². The van der Waals surface area contributed by atoms with E-state index in [2.05, 4.69) is 10.3 Å². The average Bonchev–Trinajstić information content (AvgIpc) is 2.30. The number of nitrogens with zero attached hydrogens (tertiary/aromatic N) is 1. The number of hydrogen-bond acceptors (Lipinski definition) is 3. The Labute approximate surface area is 94.8 Å². The van der Waals surface area contributed by atoms with Crippen molar-refractivity contribution in [2.75, 3.05) is 5.32 Å². The summed E-state index contributed by atoms with van der Waals surface area (Å²) >= 11 is 0. The zero-order chi connectivity index (χ0) is 11.4. The molecule has 1 aromatic carbocycles. The lowest BCUT2D eigenvalue weighted by Crippen LogP contribution is -2.01. The minimum absolute atomic E-state index is 0.293. The Bertz CT molecular complexity index is 466. The first kappa shape index (κ1) is 10.5. The summed E-state index contributed by atoms with van der Waals surface area (Å²) in [6.45, 7) is 2.70. The standard InChI is InChI=1S/C13H14N2O/c1-10-13(3-2-8-14-10)15-9-11-4-6-12(16)7-5-11/h2-8,15-16H,9H2,1H3. The molecule has 0 aliphatic carbocycles. The highest BCUT2D eigenvalue weighted by Crippen LogP contribution is 2.14. The molecular weight excluding hydrogens is 200 g/mol. The largest absolute Gasteiger partial charge is 0.508 e. The zero-order valence-corrected chi connectivity index (χ0v) is 9.14. The molecule has 0 bridgehead atoms. The normalized spacial score (nSPS) is 10.1. The Morgan fingerprint density at radius 3 is 2.62 bits per heavy atom. The molecule has 1 aromatic heterocycles. The molecule has 0 saturated heterocycles. The Hall–Kier alpha value is -2.03. The fourth-order valence-electron chi connectivity index (χ4n) is 1.48. The number of rotatable bonds is 3. The van der Waals surface area contributed by atoms with Crippen LogP contribution in [0.3, 0.4) is 0 Å². The zero-order valence-electron chi connectivity index (χ0n) is 9.14. The first-order valence-corrected chi connectivity index (χ1v) is 5.19. The predicted molar refractivity (Wildman–Crippen MR) is 64.4 cm³/mol. The molecule has 3 nitrogen and oxygen atoms in total. The van der Waals surface area contributed by atoms with Crippen LogP contribution in [0, 0.1) is 6.92 Å². The molecule has 0 aliphatic heterocycles. The smallest absolute Gasteiger partial charge is 0.115 e. The third-order valence-corrected chi connectivity index (χ3v) is 2.43. The van der Waals surface area contributed by atoms with Crippen molar-refractivity contribution in [3.05, 3.63) is 53.9 Å². The number of aryl methyl sites for hydroxylation is 1. The topological polar surface area (TPSA) is 45.2 Å². The highest BCUT2D eigenvalue weighted by Gasteiger charge is 1.97. The van der Waals surface area contributed by atoms with E-state index in [0.29, 0.717) is 5.75 Å². The Morgan fingerprint density at radius 2 is 1.94 bits per heavy atom. The van der Waals surface area contributed by atoms with Crippen LogP contribution in [0.4, 0.5) is 5.69 Å². The lowest BCUT2D eigenvalue weighted by molar-refractivity contribution is 0.475. The van der Waals surface area contributed by atoms with Crippen molar-refractivity contribution in [1.82, 2.24) is 4.98 Å². The van der Waals surface area contributed by atoms with E-state index in [1.165, 1.54) is 0 Å². The summed E-state index contributed by atoms with van der Waals surface area (Å²) in [7, 11) is 0. The Balaban J connectivity index is 2.02. The van der Waals surface area contributed by atoms with Gasteiger partial charge in [-0.1, -0.05) is 12.1 Å².